The van der Waals surface area contributed by atoms with Gasteiger partial charge in [0.15, 0.2) is 0 Å². The normalized spacial score (nSPS) is 17.9. The van der Waals surface area contributed by atoms with E-state index in [1.165, 1.54) is 0 Å². The molecule has 2 aromatic rings. The first kappa shape index (κ1) is 21.1. The summed E-state index contributed by atoms with van der Waals surface area (Å²) in [5, 5.41) is 2.93. The second-order valence-corrected chi connectivity index (χ2v) is 8.09. The smallest absolute Gasteiger partial charge is 0.275 e. The summed E-state index contributed by atoms with van der Waals surface area (Å²) in [5.41, 5.74) is 1.25. The van der Waals surface area contributed by atoms with Crippen LogP contribution in [0.3, 0.4) is 0 Å². The SMILES string of the molecule is CCOc1ccccc1NC(=O)CN1C(=O)C(c2ccccc2)=NC12CCCCCC2. The number of carbonyl (C=O) groups excluding carboxylic acids is 2. The largest absolute Gasteiger partial charge is 0.492 e. The van der Waals surface area contributed by atoms with Gasteiger partial charge in [0.2, 0.25) is 5.91 Å². The first-order valence-electron chi connectivity index (χ1n) is 11.1. The average Bonchev–Trinajstić information content (AvgIpc) is 2.93. The molecule has 162 valence electrons. The predicted octanol–water partition coefficient (Wildman–Crippen LogP) is 4.41. The third-order valence-corrected chi connectivity index (χ3v) is 5.98. The Morgan fingerprint density at radius 3 is 2.42 bits per heavy atom. The summed E-state index contributed by atoms with van der Waals surface area (Å²) in [7, 11) is 0. The van der Waals surface area contributed by atoms with Gasteiger partial charge in [-0.3, -0.25) is 14.6 Å². The summed E-state index contributed by atoms with van der Waals surface area (Å²) >= 11 is 0. The molecule has 1 fully saturated rings. The van der Waals surface area contributed by atoms with Gasteiger partial charge < -0.3 is 15.0 Å². The number of ether oxygens (including phenoxy) is 1. The number of carbonyl (C=O) groups is 2. The van der Waals surface area contributed by atoms with Crippen molar-refractivity contribution in [2.75, 3.05) is 18.5 Å². The van der Waals surface area contributed by atoms with Crippen molar-refractivity contribution < 1.29 is 14.3 Å². The molecule has 1 aliphatic heterocycles. The van der Waals surface area contributed by atoms with Crippen molar-refractivity contribution in [2.45, 2.75) is 51.1 Å². The molecule has 6 nitrogen and oxygen atoms in total. The average molecular weight is 420 g/mol. The van der Waals surface area contributed by atoms with Gasteiger partial charge in [-0.15, -0.1) is 0 Å². The number of para-hydroxylation sites is 2. The van der Waals surface area contributed by atoms with E-state index in [9.17, 15) is 9.59 Å². The van der Waals surface area contributed by atoms with Crippen LogP contribution in [0.5, 0.6) is 5.75 Å². The van der Waals surface area contributed by atoms with Gasteiger partial charge in [0.25, 0.3) is 5.91 Å². The van der Waals surface area contributed by atoms with Gasteiger partial charge in [-0.2, -0.15) is 0 Å². The van der Waals surface area contributed by atoms with Crippen LogP contribution in [-0.2, 0) is 9.59 Å². The molecule has 0 atom stereocenters. The van der Waals surface area contributed by atoms with Gasteiger partial charge >= 0.3 is 0 Å². The van der Waals surface area contributed by atoms with Gasteiger partial charge in [0.05, 0.1) is 12.3 Å². The summed E-state index contributed by atoms with van der Waals surface area (Å²) < 4.78 is 5.61. The second-order valence-electron chi connectivity index (χ2n) is 8.09. The van der Waals surface area contributed by atoms with Gasteiger partial charge in [0, 0.05) is 5.56 Å². The molecule has 4 rings (SSSR count). The zero-order valence-corrected chi connectivity index (χ0v) is 18.0. The summed E-state index contributed by atoms with van der Waals surface area (Å²) in [6, 6.07) is 16.9. The van der Waals surface area contributed by atoms with Crippen LogP contribution in [0.25, 0.3) is 0 Å². The Bertz CT molecular complexity index is 963. The number of anilines is 1. The number of hydrogen-bond acceptors (Lipinski definition) is 4. The molecule has 2 amide bonds. The zero-order chi connectivity index (χ0) is 21.7. The minimum atomic E-state index is -0.629. The van der Waals surface area contributed by atoms with Crippen LogP contribution in [-0.4, -0.2) is 41.2 Å². The minimum Gasteiger partial charge on any atom is -0.492 e. The fourth-order valence-corrected chi connectivity index (χ4v) is 4.50. The van der Waals surface area contributed by atoms with E-state index in [1.807, 2.05) is 61.5 Å². The Hall–Kier alpha value is -3.15. The lowest BCUT2D eigenvalue weighted by atomic mass is 10.00. The molecule has 2 aliphatic rings. The highest BCUT2D eigenvalue weighted by Crippen LogP contribution is 2.38. The predicted molar refractivity (Wildman–Crippen MR) is 121 cm³/mol. The van der Waals surface area contributed by atoms with E-state index in [2.05, 4.69) is 5.32 Å². The Labute approximate surface area is 183 Å². The molecule has 1 N–H and O–H groups in total. The van der Waals surface area contributed by atoms with Crippen LogP contribution < -0.4 is 10.1 Å². The van der Waals surface area contributed by atoms with Crippen molar-refractivity contribution >= 4 is 23.2 Å². The minimum absolute atomic E-state index is 0.0286. The number of aliphatic imine (C=N–C) groups is 1. The molecule has 6 heteroatoms. The number of amides is 2. The highest BCUT2D eigenvalue weighted by molar-refractivity contribution is 6.47. The maximum absolute atomic E-state index is 13.4. The van der Waals surface area contributed by atoms with Gasteiger partial charge in [-0.1, -0.05) is 55.3 Å². The Morgan fingerprint density at radius 1 is 1.03 bits per heavy atom. The molecule has 31 heavy (non-hydrogen) atoms. The van der Waals surface area contributed by atoms with Crippen LogP contribution >= 0.6 is 0 Å². The molecular weight excluding hydrogens is 390 g/mol. The van der Waals surface area contributed by atoms with Crippen LogP contribution in [0.2, 0.25) is 0 Å². The van der Waals surface area contributed by atoms with Gasteiger partial charge in [-0.25, -0.2) is 0 Å². The van der Waals surface area contributed by atoms with Crippen molar-refractivity contribution in [2.24, 2.45) is 4.99 Å². The first-order chi connectivity index (χ1) is 15.1. The van der Waals surface area contributed by atoms with E-state index in [1.54, 1.807) is 4.90 Å². The summed E-state index contributed by atoms with van der Waals surface area (Å²) in [4.78, 5) is 33.1. The topological polar surface area (TPSA) is 71.0 Å². The van der Waals surface area contributed by atoms with Crippen molar-refractivity contribution in [1.82, 2.24) is 4.90 Å². The van der Waals surface area contributed by atoms with E-state index < -0.39 is 5.66 Å². The summed E-state index contributed by atoms with van der Waals surface area (Å²) in [6.07, 6.45) is 5.85. The standard InChI is InChI=1S/C25H29N3O3/c1-2-31-21-15-9-8-14-20(21)26-22(29)18-28-24(30)23(19-12-6-5-7-13-19)27-25(28)16-10-3-4-11-17-25/h5-9,12-15H,2-4,10-11,16-18H2,1H3,(H,26,29). The van der Waals surface area contributed by atoms with Crippen molar-refractivity contribution in [3.05, 3.63) is 60.2 Å². The van der Waals surface area contributed by atoms with E-state index in [0.29, 0.717) is 23.8 Å². The molecule has 0 unspecified atom stereocenters. The van der Waals surface area contributed by atoms with Crippen LogP contribution in [0, 0.1) is 0 Å². The third-order valence-electron chi connectivity index (χ3n) is 5.98. The Morgan fingerprint density at radius 2 is 1.71 bits per heavy atom. The highest BCUT2D eigenvalue weighted by atomic mass is 16.5. The monoisotopic (exact) mass is 419 g/mol. The van der Waals surface area contributed by atoms with Crippen molar-refractivity contribution in [3.63, 3.8) is 0 Å². The van der Waals surface area contributed by atoms with Crippen LogP contribution in [0.1, 0.15) is 51.0 Å². The highest BCUT2D eigenvalue weighted by Gasteiger charge is 2.47. The fraction of sp³-hybridized carbons (Fsp3) is 0.400. The summed E-state index contributed by atoms with van der Waals surface area (Å²) in [6.45, 7) is 2.38. The lowest BCUT2D eigenvalue weighted by molar-refractivity contribution is -0.133. The number of benzene rings is 2. The van der Waals surface area contributed by atoms with Crippen molar-refractivity contribution in [3.8, 4) is 5.75 Å². The number of nitrogens with zero attached hydrogens (tertiary/aromatic N) is 2. The maximum atomic E-state index is 13.4. The van der Waals surface area contributed by atoms with Crippen molar-refractivity contribution in [1.29, 1.82) is 0 Å². The molecule has 1 saturated carbocycles. The lowest BCUT2D eigenvalue weighted by Gasteiger charge is -2.35. The van der Waals surface area contributed by atoms with Gasteiger partial charge in [0.1, 0.15) is 23.7 Å². The second kappa shape index (κ2) is 9.33. The number of hydrogen-bond donors (Lipinski definition) is 1. The van der Waals surface area contributed by atoms with Crippen LogP contribution in [0.15, 0.2) is 59.6 Å². The Kier molecular flexibility index (Phi) is 6.35. The Balaban J connectivity index is 1.59. The van der Waals surface area contributed by atoms with Crippen LogP contribution in [0.4, 0.5) is 5.69 Å². The molecule has 0 bridgehead atoms. The van der Waals surface area contributed by atoms with E-state index in [4.69, 9.17) is 9.73 Å². The molecule has 0 aromatic heterocycles. The molecular formula is C25H29N3O3. The quantitative estimate of drug-likeness (QED) is 0.754. The third kappa shape index (κ3) is 4.48. The maximum Gasteiger partial charge on any atom is 0.275 e. The molecule has 1 heterocycles. The summed E-state index contributed by atoms with van der Waals surface area (Å²) in [5.74, 6) is 0.214. The fourth-order valence-electron chi connectivity index (χ4n) is 4.50. The zero-order valence-electron chi connectivity index (χ0n) is 18.0. The number of rotatable bonds is 6. The molecule has 1 spiro atoms. The molecule has 2 aromatic carbocycles. The number of nitrogens with one attached hydrogen (secondary N) is 1. The van der Waals surface area contributed by atoms with E-state index in [0.717, 1.165) is 44.1 Å². The first-order valence-corrected chi connectivity index (χ1v) is 11.1. The lowest BCUT2D eigenvalue weighted by Crippen LogP contribution is -2.50. The van der Waals surface area contributed by atoms with E-state index >= 15 is 0 Å². The molecule has 0 saturated heterocycles. The van der Waals surface area contributed by atoms with Gasteiger partial charge in [-0.05, 0) is 44.7 Å². The molecule has 1 aliphatic carbocycles. The molecule has 0 radical (unpaired) electrons. The van der Waals surface area contributed by atoms with E-state index in [-0.39, 0.29) is 18.4 Å².